The number of para-hydroxylation sites is 2. The van der Waals surface area contributed by atoms with Gasteiger partial charge in [0.05, 0.1) is 0 Å². The number of anilines is 3. The van der Waals surface area contributed by atoms with Gasteiger partial charge in [0.25, 0.3) is 0 Å². The molecule has 0 spiro atoms. The Hall–Kier alpha value is -7.62. The molecule has 0 aliphatic heterocycles. The Morgan fingerprint density at radius 1 is 0.333 bits per heavy atom. The number of nitrogens with zero attached hydrogens (tertiary/aromatic N) is 1. The van der Waals surface area contributed by atoms with Crippen molar-refractivity contribution in [1.82, 2.24) is 0 Å². The Balaban J connectivity index is 0.992. The fourth-order valence-electron chi connectivity index (χ4n) is 9.62. The normalized spacial score (nSPS) is 13.0. The average molecular weight is 770 g/mol. The molecule has 0 radical (unpaired) electrons. The van der Waals surface area contributed by atoms with Gasteiger partial charge in [0.2, 0.25) is 0 Å². The Morgan fingerprint density at radius 2 is 0.867 bits per heavy atom. The van der Waals surface area contributed by atoms with Crippen molar-refractivity contribution in [3.05, 3.63) is 211 Å². The van der Waals surface area contributed by atoms with Gasteiger partial charge in [0, 0.05) is 49.6 Å². The minimum Gasteiger partial charge on any atom is -0.456 e. The smallest absolute Gasteiger partial charge is 0.143 e. The van der Waals surface area contributed by atoms with Gasteiger partial charge in [-0.25, -0.2) is 0 Å². The highest BCUT2D eigenvalue weighted by molar-refractivity contribution is 6.13. The number of benzene rings is 9. The maximum absolute atomic E-state index is 6.63. The zero-order chi connectivity index (χ0) is 40.0. The van der Waals surface area contributed by atoms with Crippen LogP contribution in [0.15, 0.2) is 209 Å². The molecular weight excluding hydrogens is 731 g/mol. The topological polar surface area (TPSA) is 29.5 Å². The molecule has 11 aromatic rings. The second-order valence-electron chi connectivity index (χ2n) is 16.5. The number of furan rings is 2. The fraction of sp³-hybridized carbons (Fsp3) is 0.0526. The van der Waals surface area contributed by atoms with Gasteiger partial charge in [-0.3, -0.25) is 0 Å². The maximum atomic E-state index is 6.63. The van der Waals surface area contributed by atoms with E-state index in [2.05, 4.69) is 201 Å². The molecule has 2 heterocycles. The molecule has 1 aliphatic carbocycles. The summed E-state index contributed by atoms with van der Waals surface area (Å²) in [6, 6.07) is 72.0. The minimum absolute atomic E-state index is 0.114. The van der Waals surface area contributed by atoms with Crippen LogP contribution >= 0.6 is 0 Å². The molecule has 0 saturated carbocycles. The lowest BCUT2D eigenvalue weighted by molar-refractivity contribution is 0.660. The Bertz CT molecular complexity index is 3440. The molecule has 9 aromatic carbocycles. The molecule has 0 N–H and O–H groups in total. The molecule has 3 nitrogen and oxygen atoms in total. The molecule has 0 atom stereocenters. The van der Waals surface area contributed by atoms with E-state index in [1.165, 1.54) is 33.4 Å². The van der Waals surface area contributed by atoms with Crippen molar-refractivity contribution in [2.45, 2.75) is 19.3 Å². The molecule has 60 heavy (non-hydrogen) atoms. The summed E-state index contributed by atoms with van der Waals surface area (Å²) in [7, 11) is 0. The van der Waals surface area contributed by atoms with Crippen LogP contribution in [0.5, 0.6) is 0 Å². The summed E-state index contributed by atoms with van der Waals surface area (Å²) in [5.74, 6) is 0. The highest BCUT2D eigenvalue weighted by Crippen LogP contribution is 2.51. The number of rotatable bonds is 6. The zero-order valence-corrected chi connectivity index (χ0v) is 33.3. The summed E-state index contributed by atoms with van der Waals surface area (Å²) >= 11 is 0. The zero-order valence-electron chi connectivity index (χ0n) is 33.3. The van der Waals surface area contributed by atoms with Crippen molar-refractivity contribution in [3.63, 3.8) is 0 Å². The molecule has 1 aliphatic rings. The van der Waals surface area contributed by atoms with Crippen LogP contribution in [-0.4, -0.2) is 0 Å². The van der Waals surface area contributed by atoms with Gasteiger partial charge >= 0.3 is 0 Å². The summed E-state index contributed by atoms with van der Waals surface area (Å²) in [5, 5.41) is 4.41. The second-order valence-corrected chi connectivity index (χ2v) is 16.5. The highest BCUT2D eigenvalue weighted by Gasteiger charge is 2.35. The Kier molecular flexibility index (Phi) is 7.58. The van der Waals surface area contributed by atoms with E-state index >= 15 is 0 Å². The van der Waals surface area contributed by atoms with Gasteiger partial charge in [-0.05, 0) is 123 Å². The molecule has 2 aromatic heterocycles. The lowest BCUT2D eigenvalue weighted by atomic mass is 9.82. The van der Waals surface area contributed by atoms with Crippen molar-refractivity contribution in [2.75, 3.05) is 4.90 Å². The summed E-state index contributed by atoms with van der Waals surface area (Å²) in [5.41, 5.74) is 18.9. The molecule has 0 fully saturated rings. The first-order chi connectivity index (χ1) is 29.5. The van der Waals surface area contributed by atoms with E-state index in [1.807, 2.05) is 18.2 Å². The monoisotopic (exact) mass is 769 g/mol. The third kappa shape index (κ3) is 5.36. The predicted molar refractivity (Wildman–Crippen MR) is 250 cm³/mol. The van der Waals surface area contributed by atoms with Crippen molar-refractivity contribution < 1.29 is 8.83 Å². The van der Waals surface area contributed by atoms with Gasteiger partial charge in [0.1, 0.15) is 22.3 Å². The van der Waals surface area contributed by atoms with E-state index in [0.717, 1.165) is 83.2 Å². The van der Waals surface area contributed by atoms with Gasteiger partial charge in [-0.15, -0.1) is 0 Å². The summed E-state index contributed by atoms with van der Waals surface area (Å²) in [4.78, 5) is 2.39. The second kappa shape index (κ2) is 13.2. The van der Waals surface area contributed by atoms with Crippen LogP contribution in [-0.2, 0) is 5.41 Å². The third-order valence-corrected chi connectivity index (χ3v) is 12.7. The number of hydrogen-bond donors (Lipinski definition) is 0. The van der Waals surface area contributed by atoms with Gasteiger partial charge in [0.15, 0.2) is 0 Å². The van der Waals surface area contributed by atoms with Crippen LogP contribution in [0, 0.1) is 0 Å². The quantitative estimate of drug-likeness (QED) is 0.169. The minimum atomic E-state index is -0.114. The molecule has 0 saturated heterocycles. The molecule has 284 valence electrons. The molecule has 12 rings (SSSR count). The van der Waals surface area contributed by atoms with E-state index < -0.39 is 0 Å². The van der Waals surface area contributed by atoms with E-state index in [-0.39, 0.29) is 5.41 Å². The first kappa shape index (κ1) is 34.4. The van der Waals surface area contributed by atoms with Crippen LogP contribution in [0.25, 0.3) is 88.4 Å². The fourth-order valence-corrected chi connectivity index (χ4v) is 9.62. The van der Waals surface area contributed by atoms with Gasteiger partial charge in [-0.2, -0.15) is 0 Å². The lowest BCUT2D eigenvalue weighted by Crippen LogP contribution is -2.16. The molecular formula is C57H39NO2. The average Bonchev–Trinajstić information content (AvgIpc) is 3.94. The Labute approximate surface area is 348 Å². The standard InChI is InChI=1S/C57H39NO2/c1-57(2)51-17-9-6-14-44(51)45-30-29-43(35-52(45)57)58(41-25-20-37(21-26-41)36-12-4-3-5-13-36)42-27-22-38(23-28-42)40-33-48(56-50(34-40)47-16-8-11-19-54(47)60-56)39-24-31-55-49(32-39)46-15-7-10-18-53(46)59-55/h3-35H,1-2H3. The summed E-state index contributed by atoms with van der Waals surface area (Å²) in [6.07, 6.45) is 0. The molecule has 3 heteroatoms. The number of fused-ring (bicyclic) bond motifs is 9. The van der Waals surface area contributed by atoms with Gasteiger partial charge in [-0.1, -0.05) is 141 Å². The van der Waals surface area contributed by atoms with Crippen LogP contribution in [0.3, 0.4) is 0 Å². The molecule has 0 bridgehead atoms. The summed E-state index contributed by atoms with van der Waals surface area (Å²) < 4.78 is 12.8. The van der Waals surface area contributed by atoms with E-state index in [0.29, 0.717) is 0 Å². The number of hydrogen-bond acceptors (Lipinski definition) is 3. The van der Waals surface area contributed by atoms with E-state index in [4.69, 9.17) is 8.83 Å². The van der Waals surface area contributed by atoms with Crippen molar-refractivity contribution in [1.29, 1.82) is 0 Å². The van der Waals surface area contributed by atoms with Crippen molar-refractivity contribution >= 4 is 60.9 Å². The third-order valence-electron chi connectivity index (χ3n) is 12.7. The SMILES string of the molecule is CC1(C)c2ccccc2-c2ccc(N(c3ccc(-c4ccccc4)cc3)c3ccc(-c4cc(-c5ccc6oc7ccccc7c6c5)c5oc6ccccc6c5c4)cc3)cc21. The van der Waals surface area contributed by atoms with Crippen molar-refractivity contribution in [3.8, 4) is 44.5 Å². The largest absolute Gasteiger partial charge is 0.456 e. The summed E-state index contributed by atoms with van der Waals surface area (Å²) in [6.45, 7) is 4.69. The Morgan fingerprint density at radius 3 is 1.62 bits per heavy atom. The van der Waals surface area contributed by atoms with Crippen LogP contribution in [0.1, 0.15) is 25.0 Å². The van der Waals surface area contributed by atoms with Crippen LogP contribution < -0.4 is 4.90 Å². The lowest BCUT2D eigenvalue weighted by Gasteiger charge is -2.28. The highest BCUT2D eigenvalue weighted by atomic mass is 16.3. The van der Waals surface area contributed by atoms with E-state index in [1.54, 1.807) is 0 Å². The van der Waals surface area contributed by atoms with Crippen molar-refractivity contribution in [2.24, 2.45) is 0 Å². The predicted octanol–water partition coefficient (Wildman–Crippen LogP) is 16.3. The first-order valence-corrected chi connectivity index (χ1v) is 20.7. The van der Waals surface area contributed by atoms with E-state index in [9.17, 15) is 0 Å². The first-order valence-electron chi connectivity index (χ1n) is 20.7. The molecule has 0 amide bonds. The van der Waals surface area contributed by atoms with Gasteiger partial charge < -0.3 is 13.7 Å². The van der Waals surface area contributed by atoms with Crippen LogP contribution in [0.4, 0.5) is 17.1 Å². The van der Waals surface area contributed by atoms with Crippen LogP contribution in [0.2, 0.25) is 0 Å². The maximum Gasteiger partial charge on any atom is 0.143 e. The molecule has 0 unspecified atom stereocenters.